The summed E-state index contributed by atoms with van der Waals surface area (Å²) in [5.41, 5.74) is 16.0. The van der Waals surface area contributed by atoms with Crippen molar-refractivity contribution in [1.29, 1.82) is 0 Å². The number of carboxylic acids is 4. The van der Waals surface area contributed by atoms with Crippen LogP contribution in [0.25, 0.3) is 0 Å². The summed E-state index contributed by atoms with van der Waals surface area (Å²) < 4.78 is 25.5. The van der Waals surface area contributed by atoms with Crippen LogP contribution in [0.1, 0.15) is 67.5 Å². The second-order valence-electron chi connectivity index (χ2n) is 18.0. The molecule has 0 saturated heterocycles. The normalized spacial score (nSPS) is 13.5. The smallest absolute Gasteiger partial charge is 0.332 e. The number of benzene rings is 5. The quantitative estimate of drug-likeness (QED) is 0.0420. The molecule has 5 aromatic carbocycles. The van der Waals surface area contributed by atoms with Gasteiger partial charge in [0.1, 0.15) is 53.0 Å². The summed E-state index contributed by atoms with van der Waals surface area (Å²) in [5, 5.41) is 77.5. The fourth-order valence-electron chi connectivity index (χ4n) is 6.79. The molecule has 0 radical (unpaired) electrons. The predicted molar refractivity (Wildman–Crippen MR) is 281 cm³/mol. The van der Waals surface area contributed by atoms with Gasteiger partial charge in [0.05, 0.1) is 0 Å². The number of carbonyl (C=O) groups is 5. The van der Waals surface area contributed by atoms with E-state index in [1.54, 1.807) is 93.6 Å². The number of alkyl halides is 2. The molecule has 0 aliphatic heterocycles. The molecule has 408 valence electrons. The maximum absolute atomic E-state index is 13.0. The van der Waals surface area contributed by atoms with Gasteiger partial charge >= 0.3 is 23.9 Å². The van der Waals surface area contributed by atoms with Crippen molar-refractivity contribution >= 4 is 29.8 Å². The molecular formula is C55H71F2N5O13. The van der Waals surface area contributed by atoms with Crippen LogP contribution in [0.15, 0.2) is 134 Å². The van der Waals surface area contributed by atoms with Gasteiger partial charge in [0.15, 0.2) is 5.54 Å². The van der Waals surface area contributed by atoms with E-state index >= 15 is 0 Å². The molecule has 0 bridgehead atoms. The van der Waals surface area contributed by atoms with Gasteiger partial charge in [-0.1, -0.05) is 92.4 Å². The number of phenolic OH excluding ortho intramolecular Hbond substituents is 4. The highest BCUT2D eigenvalue weighted by molar-refractivity contribution is 5.86. The van der Waals surface area contributed by atoms with E-state index in [0.29, 0.717) is 36.4 Å². The molecule has 5 rings (SSSR count). The molecule has 0 aromatic heterocycles. The fraction of sp³-hybridized carbons (Fsp3) is 0.327. The minimum absolute atomic E-state index is 0.000324. The average Bonchev–Trinajstić information content (AvgIpc) is 3.35. The first kappa shape index (κ1) is 64.9. The molecule has 0 heterocycles. The lowest BCUT2D eigenvalue weighted by molar-refractivity contribution is -0.148. The zero-order valence-electron chi connectivity index (χ0n) is 42.7. The van der Waals surface area contributed by atoms with Gasteiger partial charge in [-0.3, -0.25) is 14.4 Å². The van der Waals surface area contributed by atoms with Gasteiger partial charge in [0, 0.05) is 38.3 Å². The third kappa shape index (κ3) is 22.7. The highest BCUT2D eigenvalue weighted by Gasteiger charge is 2.40. The second kappa shape index (κ2) is 30.8. The predicted octanol–water partition coefficient (Wildman–Crippen LogP) is 6.07. The van der Waals surface area contributed by atoms with E-state index in [4.69, 9.17) is 47.8 Å². The first-order chi connectivity index (χ1) is 35.0. The number of aryl methyl sites for hydroxylation is 1. The van der Waals surface area contributed by atoms with Crippen LogP contribution in [-0.4, -0.2) is 113 Å². The van der Waals surface area contributed by atoms with Crippen LogP contribution in [0.2, 0.25) is 0 Å². The number of rotatable bonds is 20. The van der Waals surface area contributed by atoms with Gasteiger partial charge in [-0.05, 0) is 116 Å². The standard InChI is InChI=1S/C13H17NO3.C12H14FNO4.C11H15NO3.C10H12FNO2.C9H13NO/c1-9(2)14-13(3,12(16)17)8-10-4-6-11(15)7-5-10;1-8(15)14-12(7-13,11(17)18)6-9-2-4-10(16)5-3-9;1-2-11(12,10(14)15)7-8-3-5-9(13)6-4-8;11-7-10(12,9(13)14)6-8-4-2-1-3-5-8;1-7-6-8(4-5-10)2-3-9(7)11/h4-7,14-15H,1,8H2,2-3H3,(H,16,17);2-5,16H,6-7H2,1H3,(H,14,15)(H,17,18);3-6,13H,2,7,12H2,1H3,(H,14,15);1-5H,6-7,12H2,(H,13,14);2-3,6,11H,4-5,10H2,1H3. The molecular weight excluding hydrogens is 977 g/mol. The van der Waals surface area contributed by atoms with Crippen LogP contribution in [0.4, 0.5) is 8.78 Å². The summed E-state index contributed by atoms with van der Waals surface area (Å²) in [6.07, 6.45) is 1.62. The van der Waals surface area contributed by atoms with Gasteiger partial charge in [-0.25, -0.2) is 18.4 Å². The van der Waals surface area contributed by atoms with Crippen molar-refractivity contribution in [3.8, 4) is 23.0 Å². The van der Waals surface area contributed by atoms with E-state index < -0.39 is 65.3 Å². The molecule has 20 heteroatoms. The molecule has 18 nitrogen and oxygen atoms in total. The molecule has 0 aliphatic rings. The number of nitrogens with one attached hydrogen (secondary N) is 2. The zero-order valence-corrected chi connectivity index (χ0v) is 42.7. The summed E-state index contributed by atoms with van der Waals surface area (Å²) in [5.74, 6) is -4.60. The van der Waals surface area contributed by atoms with E-state index in [2.05, 4.69) is 17.2 Å². The van der Waals surface area contributed by atoms with Gasteiger partial charge in [-0.15, -0.1) is 0 Å². The van der Waals surface area contributed by atoms with Crippen LogP contribution in [0.3, 0.4) is 0 Å². The molecule has 4 atom stereocenters. The number of carboxylic acid groups (broad SMARTS) is 4. The topological polar surface area (TPSA) is 349 Å². The Morgan fingerprint density at radius 2 is 0.973 bits per heavy atom. The van der Waals surface area contributed by atoms with E-state index in [0.717, 1.165) is 35.6 Å². The Balaban J connectivity index is 0.000000473. The third-order valence-corrected chi connectivity index (χ3v) is 11.2. The van der Waals surface area contributed by atoms with Crippen molar-refractivity contribution in [3.05, 3.63) is 167 Å². The number of phenols is 4. The Hall–Kier alpha value is -8.07. The number of allylic oxidation sites excluding steroid dienone is 1. The Morgan fingerprint density at radius 3 is 1.32 bits per heavy atom. The van der Waals surface area contributed by atoms with Crippen molar-refractivity contribution in [2.24, 2.45) is 17.2 Å². The lowest BCUT2D eigenvalue weighted by Gasteiger charge is -2.27. The van der Waals surface area contributed by atoms with Gasteiger partial charge < -0.3 is 68.7 Å². The number of aliphatic carboxylic acids is 4. The SMILES string of the molecule is C=C(C)NC(C)(Cc1ccc(O)cc1)C(=O)O.CC(=O)NC(CF)(Cc1ccc(O)cc1)C(=O)O.CCC(N)(Cc1ccc(O)cc1)C(=O)O.Cc1cc(CCN)ccc1O.NC(CF)(Cc1ccccc1)C(=O)O. The van der Waals surface area contributed by atoms with Crippen molar-refractivity contribution in [3.63, 3.8) is 0 Å². The molecule has 75 heavy (non-hydrogen) atoms. The molecule has 5 aromatic rings. The van der Waals surface area contributed by atoms with Gasteiger partial charge in [0.2, 0.25) is 5.91 Å². The first-order valence-electron chi connectivity index (χ1n) is 23.2. The molecule has 4 unspecified atom stereocenters. The third-order valence-electron chi connectivity index (χ3n) is 11.2. The first-order valence-corrected chi connectivity index (χ1v) is 23.2. The van der Waals surface area contributed by atoms with E-state index in [9.17, 15) is 43.0 Å². The Kier molecular flexibility index (Phi) is 26.7. The number of amides is 1. The molecule has 0 spiro atoms. The van der Waals surface area contributed by atoms with Crippen LogP contribution in [0.5, 0.6) is 23.0 Å². The van der Waals surface area contributed by atoms with Crippen LogP contribution in [-0.2, 0) is 56.1 Å². The highest BCUT2D eigenvalue weighted by atomic mass is 19.1. The molecule has 0 fully saturated rings. The Labute approximate surface area is 435 Å². The van der Waals surface area contributed by atoms with E-state index in [1.807, 2.05) is 19.1 Å². The van der Waals surface area contributed by atoms with Crippen molar-refractivity contribution in [1.82, 2.24) is 10.6 Å². The summed E-state index contributed by atoms with van der Waals surface area (Å²) in [7, 11) is 0. The number of halogens is 2. The van der Waals surface area contributed by atoms with Crippen molar-refractivity contribution < 1.29 is 73.6 Å². The maximum Gasteiger partial charge on any atom is 0.332 e. The fourth-order valence-corrected chi connectivity index (χ4v) is 6.79. The summed E-state index contributed by atoms with van der Waals surface area (Å²) in [4.78, 5) is 55.1. The van der Waals surface area contributed by atoms with E-state index in [1.165, 1.54) is 42.0 Å². The van der Waals surface area contributed by atoms with Gasteiger partial charge in [-0.2, -0.15) is 0 Å². The van der Waals surface area contributed by atoms with Crippen LogP contribution >= 0.6 is 0 Å². The van der Waals surface area contributed by atoms with Crippen LogP contribution < -0.4 is 27.8 Å². The molecule has 0 aliphatic carbocycles. The summed E-state index contributed by atoms with van der Waals surface area (Å²) >= 11 is 0. The number of hydrogen-bond donors (Lipinski definition) is 13. The van der Waals surface area contributed by atoms with Gasteiger partial charge in [0.25, 0.3) is 0 Å². The summed E-state index contributed by atoms with van der Waals surface area (Å²) in [6, 6.07) is 32.9. The largest absolute Gasteiger partial charge is 0.508 e. The number of hydrogen-bond acceptors (Lipinski definition) is 13. The Morgan fingerprint density at radius 1 is 0.560 bits per heavy atom. The summed E-state index contributed by atoms with van der Waals surface area (Å²) in [6.45, 7) is 10.1. The lowest BCUT2D eigenvalue weighted by Crippen LogP contribution is -2.57. The molecule has 16 N–H and O–H groups in total. The molecule has 1 amide bonds. The number of carbonyl (C=O) groups excluding carboxylic acids is 1. The number of aromatic hydroxyl groups is 4. The lowest BCUT2D eigenvalue weighted by atomic mass is 9.89. The minimum Gasteiger partial charge on any atom is -0.508 e. The minimum atomic E-state index is -1.97. The van der Waals surface area contributed by atoms with Crippen molar-refractivity contribution in [2.45, 2.75) is 95.3 Å². The maximum atomic E-state index is 13.0. The molecule has 0 saturated carbocycles. The van der Waals surface area contributed by atoms with E-state index in [-0.39, 0.29) is 36.5 Å². The average molecular weight is 1050 g/mol. The zero-order chi connectivity index (χ0) is 57.2. The highest BCUT2D eigenvalue weighted by Crippen LogP contribution is 2.21. The monoisotopic (exact) mass is 1050 g/mol. The Bertz CT molecular complexity index is 2610. The number of nitrogens with two attached hydrogens (primary N) is 3. The second-order valence-corrected chi connectivity index (χ2v) is 18.0. The van der Waals surface area contributed by atoms with Crippen molar-refractivity contribution in [2.75, 3.05) is 19.9 Å². The van der Waals surface area contributed by atoms with Crippen LogP contribution in [0, 0.1) is 6.92 Å².